The number of aryl methyl sites for hydroxylation is 1. The number of amides is 1. The lowest BCUT2D eigenvalue weighted by atomic mass is 9.89. The summed E-state index contributed by atoms with van der Waals surface area (Å²) in [5.41, 5.74) is 2.54. The Morgan fingerprint density at radius 1 is 0.875 bits per heavy atom. The fourth-order valence-electron chi connectivity index (χ4n) is 4.53. The first-order valence-electron chi connectivity index (χ1n) is 13.4. The van der Waals surface area contributed by atoms with Crippen LogP contribution in [0, 0.1) is 18.7 Å². The van der Waals surface area contributed by atoms with Gasteiger partial charge in [0.2, 0.25) is 28.9 Å². The molecule has 0 atom stereocenters. The molecule has 1 amide bonds. The predicted molar refractivity (Wildman–Crippen MR) is 155 cm³/mol. The Balaban J connectivity index is 1.24. The minimum Gasteiger partial charge on any atom is -0.354 e. The molecule has 2 aromatic heterocycles. The number of carbonyl (C=O) groups excluding carboxylic acids is 1. The summed E-state index contributed by atoms with van der Waals surface area (Å²) in [6.07, 6.45) is 6.48. The van der Waals surface area contributed by atoms with E-state index in [0.29, 0.717) is 35.4 Å². The van der Waals surface area contributed by atoms with Gasteiger partial charge >= 0.3 is 0 Å². The molecule has 1 aliphatic carbocycles. The van der Waals surface area contributed by atoms with Gasteiger partial charge in [0.25, 0.3) is 0 Å². The smallest absolute Gasteiger partial charge is 0.233 e. The normalized spacial score (nSPS) is 13.6. The molecule has 0 radical (unpaired) electrons. The van der Waals surface area contributed by atoms with Crippen molar-refractivity contribution >= 4 is 45.9 Å². The Hall–Kier alpha value is -4.19. The first kappa shape index (κ1) is 27.4. The van der Waals surface area contributed by atoms with E-state index in [9.17, 15) is 9.18 Å². The number of anilines is 5. The van der Waals surface area contributed by atoms with Crippen LogP contribution in [0.25, 0.3) is 0 Å². The average molecular weight is 562 g/mol. The Morgan fingerprint density at radius 3 is 2.25 bits per heavy atom. The highest BCUT2D eigenvalue weighted by Gasteiger charge is 2.15. The number of rotatable bonds is 11. The molecule has 0 saturated heterocycles. The zero-order valence-corrected chi connectivity index (χ0v) is 23.1. The van der Waals surface area contributed by atoms with Gasteiger partial charge in [-0.1, -0.05) is 54.9 Å². The summed E-state index contributed by atoms with van der Waals surface area (Å²) in [5.74, 6) is 1.47. The number of hydrogen-bond donors (Lipinski definition) is 4. The van der Waals surface area contributed by atoms with E-state index in [-0.39, 0.29) is 18.1 Å². The van der Waals surface area contributed by atoms with Crippen LogP contribution in [0.3, 0.4) is 0 Å². The molecule has 1 saturated carbocycles. The van der Waals surface area contributed by atoms with Crippen molar-refractivity contribution in [1.29, 1.82) is 0 Å². The van der Waals surface area contributed by atoms with Crippen molar-refractivity contribution in [1.82, 2.24) is 25.1 Å². The molecule has 4 N–H and O–H groups in total. The Morgan fingerprint density at radius 2 is 1.55 bits per heavy atom. The Bertz CT molecular complexity index is 1410. The van der Waals surface area contributed by atoms with Gasteiger partial charge in [0.1, 0.15) is 10.8 Å². The summed E-state index contributed by atoms with van der Waals surface area (Å²) in [5, 5.41) is 21.8. The number of nitrogens with zero attached hydrogens (tertiary/aromatic N) is 5. The first-order chi connectivity index (χ1) is 19.5. The third-order valence-corrected chi connectivity index (χ3v) is 7.37. The molecule has 2 heterocycles. The summed E-state index contributed by atoms with van der Waals surface area (Å²) in [7, 11) is 0. The molecule has 10 nitrogen and oxygen atoms in total. The van der Waals surface area contributed by atoms with Gasteiger partial charge in [0.05, 0.1) is 6.42 Å². The van der Waals surface area contributed by atoms with Crippen LogP contribution in [-0.4, -0.2) is 37.6 Å². The quantitative estimate of drug-likeness (QED) is 0.182. The largest absolute Gasteiger partial charge is 0.354 e. The molecule has 0 unspecified atom stereocenters. The molecule has 40 heavy (non-hydrogen) atoms. The van der Waals surface area contributed by atoms with E-state index < -0.39 is 0 Å². The summed E-state index contributed by atoms with van der Waals surface area (Å²) in [6.45, 7) is 3.10. The van der Waals surface area contributed by atoms with E-state index in [2.05, 4.69) is 46.4 Å². The van der Waals surface area contributed by atoms with Crippen LogP contribution >= 0.6 is 11.3 Å². The lowest BCUT2D eigenvalue weighted by Gasteiger charge is -2.21. The number of aromatic nitrogens is 5. The SMILES string of the molecule is Cc1nnc(NC(=O)Cc2ccc(Nc3nc(NCc4ccc(F)cc4)nc(NCC4CCCCC4)n3)cc2)s1. The van der Waals surface area contributed by atoms with Crippen LogP contribution < -0.4 is 21.3 Å². The minimum atomic E-state index is -0.275. The fraction of sp³-hybridized carbons (Fsp3) is 0.357. The van der Waals surface area contributed by atoms with E-state index in [1.807, 2.05) is 31.2 Å². The summed E-state index contributed by atoms with van der Waals surface area (Å²) in [6, 6.07) is 13.8. The second kappa shape index (κ2) is 13.2. The zero-order valence-electron chi connectivity index (χ0n) is 22.3. The van der Waals surface area contributed by atoms with Crippen molar-refractivity contribution < 1.29 is 9.18 Å². The van der Waals surface area contributed by atoms with Crippen LogP contribution in [0.5, 0.6) is 0 Å². The number of benzene rings is 2. The molecule has 1 fully saturated rings. The molecule has 2 aromatic carbocycles. The molecular formula is C28H32FN9OS. The zero-order chi connectivity index (χ0) is 27.7. The van der Waals surface area contributed by atoms with Gasteiger partial charge in [0, 0.05) is 18.8 Å². The number of carbonyl (C=O) groups is 1. The van der Waals surface area contributed by atoms with Crippen molar-refractivity contribution in [3.63, 3.8) is 0 Å². The van der Waals surface area contributed by atoms with Crippen molar-refractivity contribution in [3.8, 4) is 0 Å². The highest BCUT2D eigenvalue weighted by molar-refractivity contribution is 7.15. The molecule has 5 rings (SSSR count). The third kappa shape index (κ3) is 8.15. The number of nitrogens with one attached hydrogen (secondary N) is 4. The molecule has 0 spiro atoms. The standard InChI is InChI=1S/C28H32FN9OS/c1-18-37-38-28(40-18)33-24(39)15-19-9-13-23(14-10-19)32-27-35-25(30-16-20-5-3-2-4-6-20)34-26(36-27)31-17-21-7-11-22(29)12-8-21/h7-14,20H,2-6,15-17H2,1H3,(H,33,38,39)(H3,30,31,32,34,35,36). The summed E-state index contributed by atoms with van der Waals surface area (Å²) < 4.78 is 13.3. The van der Waals surface area contributed by atoms with Crippen molar-refractivity contribution in [3.05, 3.63) is 70.5 Å². The van der Waals surface area contributed by atoms with E-state index in [0.717, 1.165) is 28.4 Å². The summed E-state index contributed by atoms with van der Waals surface area (Å²) >= 11 is 1.34. The lowest BCUT2D eigenvalue weighted by Crippen LogP contribution is -2.19. The van der Waals surface area contributed by atoms with Crippen LogP contribution in [0.2, 0.25) is 0 Å². The van der Waals surface area contributed by atoms with Crippen molar-refractivity contribution in [2.24, 2.45) is 5.92 Å². The minimum absolute atomic E-state index is 0.153. The van der Waals surface area contributed by atoms with Crippen LogP contribution in [0.4, 0.5) is 33.1 Å². The number of halogens is 1. The number of hydrogen-bond acceptors (Lipinski definition) is 10. The maximum Gasteiger partial charge on any atom is 0.233 e. The van der Waals surface area contributed by atoms with E-state index >= 15 is 0 Å². The van der Waals surface area contributed by atoms with Crippen LogP contribution in [0.1, 0.15) is 48.2 Å². The molecule has 0 aliphatic heterocycles. The van der Waals surface area contributed by atoms with Crippen LogP contribution in [0.15, 0.2) is 48.5 Å². The van der Waals surface area contributed by atoms with Gasteiger partial charge < -0.3 is 21.3 Å². The van der Waals surface area contributed by atoms with Gasteiger partial charge in [-0.2, -0.15) is 15.0 Å². The van der Waals surface area contributed by atoms with E-state index in [4.69, 9.17) is 0 Å². The van der Waals surface area contributed by atoms with E-state index in [1.165, 1.54) is 55.6 Å². The van der Waals surface area contributed by atoms with Gasteiger partial charge in [-0.3, -0.25) is 4.79 Å². The Kier molecular flexibility index (Phi) is 9.07. The average Bonchev–Trinajstić information content (AvgIpc) is 3.37. The second-order valence-corrected chi connectivity index (χ2v) is 11.0. The maximum atomic E-state index is 13.3. The molecule has 0 bridgehead atoms. The fourth-order valence-corrected chi connectivity index (χ4v) is 5.14. The lowest BCUT2D eigenvalue weighted by molar-refractivity contribution is -0.115. The Labute approximate surface area is 236 Å². The topological polar surface area (TPSA) is 130 Å². The van der Waals surface area contributed by atoms with Crippen LogP contribution in [-0.2, 0) is 17.8 Å². The van der Waals surface area contributed by atoms with Crippen molar-refractivity contribution in [2.45, 2.75) is 52.0 Å². The van der Waals surface area contributed by atoms with Gasteiger partial charge in [-0.25, -0.2) is 4.39 Å². The van der Waals surface area contributed by atoms with E-state index in [1.54, 1.807) is 12.1 Å². The van der Waals surface area contributed by atoms with Gasteiger partial charge in [-0.15, -0.1) is 10.2 Å². The molecule has 208 valence electrons. The van der Waals surface area contributed by atoms with Gasteiger partial charge in [0.15, 0.2) is 0 Å². The molecule has 12 heteroatoms. The van der Waals surface area contributed by atoms with Crippen molar-refractivity contribution in [2.75, 3.05) is 27.8 Å². The third-order valence-electron chi connectivity index (χ3n) is 6.62. The highest BCUT2D eigenvalue weighted by atomic mass is 32.1. The second-order valence-electron chi connectivity index (χ2n) is 9.84. The first-order valence-corrected chi connectivity index (χ1v) is 14.2. The highest BCUT2D eigenvalue weighted by Crippen LogP contribution is 2.24. The molecular weight excluding hydrogens is 529 g/mol. The monoisotopic (exact) mass is 561 g/mol. The maximum absolute atomic E-state index is 13.3. The molecule has 4 aromatic rings. The predicted octanol–water partition coefficient (Wildman–Crippen LogP) is 5.70. The van der Waals surface area contributed by atoms with Gasteiger partial charge in [-0.05, 0) is 61.1 Å². The molecule has 1 aliphatic rings. The summed E-state index contributed by atoms with van der Waals surface area (Å²) in [4.78, 5) is 26.0.